The van der Waals surface area contributed by atoms with Crippen molar-refractivity contribution in [3.8, 4) is 5.75 Å². The van der Waals surface area contributed by atoms with Crippen molar-refractivity contribution in [3.63, 3.8) is 0 Å². The Labute approximate surface area is 145 Å². The molecule has 1 fully saturated rings. The highest BCUT2D eigenvalue weighted by Crippen LogP contribution is 2.27. The molecule has 128 valence electrons. The predicted octanol–water partition coefficient (Wildman–Crippen LogP) is 3.16. The van der Waals surface area contributed by atoms with Crippen molar-refractivity contribution < 1.29 is 18.8 Å². The van der Waals surface area contributed by atoms with E-state index in [1.165, 1.54) is 6.26 Å². The average Bonchev–Trinajstić information content (AvgIpc) is 3.05. The summed E-state index contributed by atoms with van der Waals surface area (Å²) in [6.07, 6.45) is 3.03. The van der Waals surface area contributed by atoms with Crippen LogP contribution in [0.3, 0.4) is 0 Å². The molecule has 7 heteroatoms. The highest BCUT2D eigenvalue weighted by atomic mass is 35.5. The molecule has 1 aliphatic rings. The number of para-hydroxylation sites is 1. The minimum atomic E-state index is -0.115. The molecule has 24 heavy (non-hydrogen) atoms. The van der Waals surface area contributed by atoms with E-state index >= 15 is 0 Å². The van der Waals surface area contributed by atoms with Gasteiger partial charge in [0.1, 0.15) is 29.4 Å². The number of hydrogen-bond acceptors (Lipinski definition) is 5. The first-order valence-electron chi connectivity index (χ1n) is 7.81. The normalized spacial score (nSPS) is 17.8. The molecule has 1 amide bonds. The van der Waals surface area contributed by atoms with Crippen molar-refractivity contribution in [2.24, 2.45) is 0 Å². The second-order valence-electron chi connectivity index (χ2n) is 5.67. The van der Waals surface area contributed by atoms with Crippen LogP contribution in [0.15, 0.2) is 35.1 Å². The van der Waals surface area contributed by atoms with Crippen LogP contribution in [-0.2, 0) is 11.3 Å². The fraction of sp³-hybridized carbons (Fsp3) is 0.412. The van der Waals surface area contributed by atoms with Crippen molar-refractivity contribution in [2.75, 3.05) is 20.2 Å². The summed E-state index contributed by atoms with van der Waals surface area (Å²) in [6, 6.07) is 7.35. The topological polar surface area (TPSA) is 64.8 Å². The molecule has 0 bridgehead atoms. The van der Waals surface area contributed by atoms with Gasteiger partial charge in [-0.25, -0.2) is 0 Å². The number of amides is 1. The van der Waals surface area contributed by atoms with Crippen LogP contribution in [0.4, 0.5) is 0 Å². The summed E-state index contributed by atoms with van der Waals surface area (Å²) in [6.45, 7) is 1.42. The third-order valence-corrected chi connectivity index (χ3v) is 4.26. The molecule has 1 atom stereocenters. The molecular formula is C17H19ClN2O4. The van der Waals surface area contributed by atoms with Gasteiger partial charge in [-0.2, -0.15) is 0 Å². The minimum Gasteiger partial charge on any atom is -0.487 e. The van der Waals surface area contributed by atoms with Gasteiger partial charge in [0, 0.05) is 13.7 Å². The molecule has 1 aromatic heterocycles. The molecule has 0 N–H and O–H groups in total. The molecular weight excluding hydrogens is 332 g/mol. The maximum Gasteiger partial charge on any atom is 0.259 e. The zero-order chi connectivity index (χ0) is 16.9. The Kier molecular flexibility index (Phi) is 5.37. The minimum absolute atomic E-state index is 0.0895. The van der Waals surface area contributed by atoms with E-state index in [0.29, 0.717) is 35.1 Å². The lowest BCUT2D eigenvalue weighted by Gasteiger charge is -2.33. The number of benzene rings is 1. The van der Waals surface area contributed by atoms with Gasteiger partial charge in [0.2, 0.25) is 0 Å². The van der Waals surface area contributed by atoms with E-state index in [0.717, 1.165) is 12.8 Å². The van der Waals surface area contributed by atoms with Crippen LogP contribution >= 0.6 is 11.6 Å². The van der Waals surface area contributed by atoms with Crippen molar-refractivity contribution in [3.05, 3.63) is 46.8 Å². The molecule has 0 saturated carbocycles. The first-order valence-corrected chi connectivity index (χ1v) is 8.19. The number of ether oxygens (including phenoxy) is 2. The Morgan fingerprint density at radius 1 is 1.46 bits per heavy atom. The Hall–Kier alpha value is -2.05. The summed E-state index contributed by atoms with van der Waals surface area (Å²) in [5, 5.41) is 4.40. The van der Waals surface area contributed by atoms with E-state index in [9.17, 15) is 4.79 Å². The molecule has 6 nitrogen and oxygen atoms in total. The number of nitrogens with zero attached hydrogens (tertiary/aromatic N) is 2. The quantitative estimate of drug-likeness (QED) is 0.828. The first-order chi connectivity index (χ1) is 11.7. The molecule has 1 aliphatic heterocycles. The number of hydrogen-bond donors (Lipinski definition) is 0. The van der Waals surface area contributed by atoms with Gasteiger partial charge in [0.25, 0.3) is 5.91 Å². The van der Waals surface area contributed by atoms with Gasteiger partial charge < -0.3 is 18.9 Å². The van der Waals surface area contributed by atoms with Gasteiger partial charge in [0.15, 0.2) is 0 Å². The number of carbonyl (C=O) groups excluding carboxylic acids is 1. The SMILES string of the molecule is COCc1nocc1C(=O)N1CCCC(Oc2ccccc2Cl)C1. The highest BCUT2D eigenvalue weighted by molar-refractivity contribution is 6.32. The van der Waals surface area contributed by atoms with Crippen molar-refractivity contribution >= 4 is 17.5 Å². The van der Waals surface area contributed by atoms with Gasteiger partial charge in [0.05, 0.1) is 18.2 Å². The summed E-state index contributed by atoms with van der Waals surface area (Å²) < 4.78 is 15.9. The van der Waals surface area contributed by atoms with Gasteiger partial charge in [-0.05, 0) is 25.0 Å². The Morgan fingerprint density at radius 2 is 2.29 bits per heavy atom. The fourth-order valence-electron chi connectivity index (χ4n) is 2.78. The van der Waals surface area contributed by atoms with Crippen molar-refractivity contribution in [1.29, 1.82) is 0 Å². The number of likely N-dealkylation sites (tertiary alicyclic amines) is 1. The highest BCUT2D eigenvalue weighted by Gasteiger charge is 2.28. The largest absolute Gasteiger partial charge is 0.487 e. The van der Waals surface area contributed by atoms with Crippen LogP contribution in [0.1, 0.15) is 28.9 Å². The van der Waals surface area contributed by atoms with Crippen LogP contribution < -0.4 is 4.74 Å². The average molecular weight is 351 g/mol. The van der Waals surface area contributed by atoms with Gasteiger partial charge in [-0.15, -0.1) is 0 Å². The summed E-state index contributed by atoms with van der Waals surface area (Å²) in [7, 11) is 1.55. The van der Waals surface area contributed by atoms with Crippen molar-refractivity contribution in [1.82, 2.24) is 10.1 Å². The molecule has 1 unspecified atom stereocenters. The van der Waals surface area contributed by atoms with Crippen LogP contribution in [0, 0.1) is 0 Å². The zero-order valence-corrected chi connectivity index (χ0v) is 14.2. The molecule has 0 aliphatic carbocycles. The second kappa shape index (κ2) is 7.68. The van der Waals surface area contributed by atoms with E-state index < -0.39 is 0 Å². The lowest BCUT2D eigenvalue weighted by Crippen LogP contribution is -2.44. The van der Waals surface area contributed by atoms with E-state index in [1.54, 1.807) is 18.1 Å². The Balaban J connectivity index is 1.68. The Morgan fingerprint density at radius 3 is 3.08 bits per heavy atom. The molecule has 1 saturated heterocycles. The Bertz CT molecular complexity index is 703. The zero-order valence-electron chi connectivity index (χ0n) is 13.4. The third-order valence-electron chi connectivity index (χ3n) is 3.95. The second-order valence-corrected chi connectivity index (χ2v) is 6.08. The van der Waals surface area contributed by atoms with Crippen LogP contribution in [0.25, 0.3) is 0 Å². The fourth-order valence-corrected chi connectivity index (χ4v) is 2.96. The number of methoxy groups -OCH3 is 1. The predicted molar refractivity (Wildman–Crippen MR) is 88.2 cm³/mol. The van der Waals surface area contributed by atoms with Gasteiger partial charge in [-0.1, -0.05) is 28.9 Å². The molecule has 0 radical (unpaired) electrons. The molecule has 1 aromatic carbocycles. The summed E-state index contributed by atoms with van der Waals surface area (Å²) in [5.74, 6) is 0.527. The van der Waals surface area contributed by atoms with Crippen LogP contribution in [0.5, 0.6) is 5.75 Å². The molecule has 2 aromatic rings. The monoisotopic (exact) mass is 350 g/mol. The third kappa shape index (κ3) is 3.71. The first kappa shape index (κ1) is 16.8. The van der Waals surface area contributed by atoms with Gasteiger partial charge >= 0.3 is 0 Å². The molecule has 0 spiro atoms. The standard InChI is InChI=1S/C17H19ClN2O4/c1-22-11-15-13(10-23-19-15)17(21)20-8-4-5-12(9-20)24-16-7-3-2-6-14(16)18/h2-3,6-7,10,12H,4-5,8-9,11H2,1H3. The maximum atomic E-state index is 12.7. The van der Waals surface area contributed by atoms with E-state index in [4.69, 9.17) is 25.6 Å². The molecule has 3 rings (SSSR count). The van der Waals surface area contributed by atoms with E-state index in [2.05, 4.69) is 5.16 Å². The van der Waals surface area contributed by atoms with Crippen LogP contribution in [0.2, 0.25) is 5.02 Å². The number of carbonyl (C=O) groups is 1. The number of aromatic nitrogens is 1. The summed E-state index contributed by atoms with van der Waals surface area (Å²) in [4.78, 5) is 14.5. The number of halogens is 1. The smallest absolute Gasteiger partial charge is 0.259 e. The van der Waals surface area contributed by atoms with Crippen LogP contribution in [-0.4, -0.2) is 42.3 Å². The summed E-state index contributed by atoms with van der Waals surface area (Å²) in [5.41, 5.74) is 0.951. The van der Waals surface area contributed by atoms with E-state index in [1.807, 2.05) is 18.2 Å². The number of piperidine rings is 1. The van der Waals surface area contributed by atoms with E-state index in [-0.39, 0.29) is 18.6 Å². The molecule has 2 heterocycles. The summed E-state index contributed by atoms with van der Waals surface area (Å²) >= 11 is 6.14. The van der Waals surface area contributed by atoms with Crippen molar-refractivity contribution in [2.45, 2.75) is 25.6 Å². The lowest BCUT2D eigenvalue weighted by molar-refractivity contribution is 0.0534. The van der Waals surface area contributed by atoms with Gasteiger partial charge in [-0.3, -0.25) is 4.79 Å². The maximum absolute atomic E-state index is 12.7. The number of rotatable bonds is 5. The lowest BCUT2D eigenvalue weighted by atomic mass is 10.1.